The highest BCUT2D eigenvalue weighted by atomic mass is 32.1. The molecule has 1 saturated carbocycles. The average Bonchev–Trinajstić information content (AvgIpc) is 3.23. The number of nitrogens with zero attached hydrogens (tertiary/aromatic N) is 3. The molecule has 0 radical (unpaired) electrons. The Bertz CT molecular complexity index is 413. The number of hydrogen-bond donors (Lipinski definition) is 1. The van der Waals surface area contributed by atoms with E-state index in [-0.39, 0.29) is 0 Å². The van der Waals surface area contributed by atoms with Gasteiger partial charge in [0.1, 0.15) is 0 Å². The van der Waals surface area contributed by atoms with Gasteiger partial charge in [-0.25, -0.2) is 4.98 Å². The van der Waals surface area contributed by atoms with Gasteiger partial charge in [0, 0.05) is 57.8 Å². The second kappa shape index (κ2) is 6.85. The highest BCUT2D eigenvalue weighted by molar-refractivity contribution is 7.13. The molecule has 5 nitrogen and oxygen atoms in total. The van der Waals surface area contributed by atoms with Crippen LogP contribution in [0.25, 0.3) is 0 Å². The molecule has 1 aliphatic heterocycles. The lowest BCUT2D eigenvalue weighted by molar-refractivity contribution is 0.199. The Morgan fingerprint density at radius 3 is 2.85 bits per heavy atom. The van der Waals surface area contributed by atoms with E-state index in [9.17, 15) is 0 Å². The number of aromatic nitrogens is 1. The zero-order valence-corrected chi connectivity index (χ0v) is 13.0. The molecule has 0 bridgehead atoms. The average molecular weight is 296 g/mol. The molecule has 1 saturated heterocycles. The second-order valence-corrected chi connectivity index (χ2v) is 6.38. The summed E-state index contributed by atoms with van der Waals surface area (Å²) in [5, 5.41) is 6.69. The first kappa shape index (κ1) is 14.3. The number of methoxy groups -OCH3 is 1. The Kier molecular flexibility index (Phi) is 4.88. The van der Waals surface area contributed by atoms with Gasteiger partial charge in [-0.3, -0.25) is 4.90 Å². The predicted molar refractivity (Wildman–Crippen MR) is 82.5 cm³/mol. The molecule has 0 atom stereocenters. The Labute approximate surface area is 124 Å². The van der Waals surface area contributed by atoms with Gasteiger partial charge in [-0.15, -0.1) is 11.3 Å². The first-order valence-corrected chi connectivity index (χ1v) is 8.38. The Hall–Kier alpha value is -0.690. The fraction of sp³-hybridized carbons (Fsp3) is 0.786. The third-order valence-electron chi connectivity index (χ3n) is 3.98. The molecule has 1 aromatic heterocycles. The molecule has 1 aromatic rings. The minimum atomic E-state index is 0.750. The smallest absolute Gasteiger partial charge is 0.185 e. The third-order valence-corrected chi connectivity index (χ3v) is 4.93. The molecule has 20 heavy (non-hydrogen) atoms. The molecule has 6 heteroatoms. The van der Waals surface area contributed by atoms with Crippen molar-refractivity contribution in [3.63, 3.8) is 0 Å². The van der Waals surface area contributed by atoms with Gasteiger partial charge < -0.3 is 15.0 Å². The van der Waals surface area contributed by atoms with Crippen LogP contribution in [-0.4, -0.2) is 62.4 Å². The molecule has 2 aliphatic rings. The van der Waals surface area contributed by atoms with Crippen molar-refractivity contribution in [3.05, 3.63) is 11.1 Å². The number of rotatable bonds is 7. The van der Waals surface area contributed by atoms with Crippen molar-refractivity contribution in [1.82, 2.24) is 15.2 Å². The SMILES string of the molecule is COCCNCc1csc(N2CCN(C3CC3)CC2)n1. The summed E-state index contributed by atoms with van der Waals surface area (Å²) < 4.78 is 5.02. The van der Waals surface area contributed by atoms with Crippen LogP contribution in [-0.2, 0) is 11.3 Å². The van der Waals surface area contributed by atoms with Gasteiger partial charge in [-0.2, -0.15) is 0 Å². The third kappa shape index (κ3) is 3.69. The predicted octanol–water partition coefficient (Wildman–Crippen LogP) is 1.16. The van der Waals surface area contributed by atoms with Crippen LogP contribution in [0.2, 0.25) is 0 Å². The van der Waals surface area contributed by atoms with Gasteiger partial charge in [0.05, 0.1) is 12.3 Å². The number of thiazole rings is 1. The zero-order valence-electron chi connectivity index (χ0n) is 12.2. The van der Waals surface area contributed by atoms with Crippen molar-refractivity contribution in [2.24, 2.45) is 0 Å². The second-order valence-electron chi connectivity index (χ2n) is 5.55. The lowest BCUT2D eigenvalue weighted by Gasteiger charge is -2.34. The van der Waals surface area contributed by atoms with Crippen LogP contribution < -0.4 is 10.2 Å². The minimum Gasteiger partial charge on any atom is -0.383 e. The van der Waals surface area contributed by atoms with E-state index in [0.29, 0.717) is 0 Å². The Morgan fingerprint density at radius 2 is 2.15 bits per heavy atom. The fourth-order valence-corrected chi connectivity index (χ4v) is 3.51. The first-order valence-electron chi connectivity index (χ1n) is 7.50. The molecule has 0 unspecified atom stereocenters. The van der Waals surface area contributed by atoms with Crippen LogP contribution in [0.3, 0.4) is 0 Å². The van der Waals surface area contributed by atoms with E-state index in [2.05, 4.69) is 20.5 Å². The lowest BCUT2D eigenvalue weighted by Crippen LogP contribution is -2.47. The van der Waals surface area contributed by atoms with Gasteiger partial charge in [0.2, 0.25) is 0 Å². The summed E-state index contributed by atoms with van der Waals surface area (Å²) in [6, 6.07) is 0.897. The van der Waals surface area contributed by atoms with Crippen LogP contribution in [0.1, 0.15) is 18.5 Å². The standard InChI is InChI=1S/C14H24N4OS/c1-19-9-4-15-10-12-11-20-14(16-12)18-7-5-17(6-8-18)13-2-3-13/h11,13,15H,2-10H2,1H3. The molecule has 1 N–H and O–H groups in total. The number of hydrogen-bond acceptors (Lipinski definition) is 6. The van der Waals surface area contributed by atoms with Crippen LogP contribution in [0.15, 0.2) is 5.38 Å². The topological polar surface area (TPSA) is 40.6 Å². The number of nitrogens with one attached hydrogen (secondary N) is 1. The Balaban J connectivity index is 1.44. The summed E-state index contributed by atoms with van der Waals surface area (Å²) in [6.45, 7) is 7.11. The molecule has 2 heterocycles. The van der Waals surface area contributed by atoms with Crippen molar-refractivity contribution in [1.29, 1.82) is 0 Å². The largest absolute Gasteiger partial charge is 0.383 e. The van der Waals surface area contributed by atoms with Crippen molar-refractivity contribution >= 4 is 16.5 Å². The molecule has 0 spiro atoms. The maximum Gasteiger partial charge on any atom is 0.185 e. The number of anilines is 1. The summed E-state index contributed by atoms with van der Waals surface area (Å²) in [4.78, 5) is 9.81. The molecular formula is C14H24N4OS. The summed E-state index contributed by atoms with van der Waals surface area (Å²) in [5.74, 6) is 0. The highest BCUT2D eigenvalue weighted by Crippen LogP contribution is 2.29. The van der Waals surface area contributed by atoms with E-state index >= 15 is 0 Å². The minimum absolute atomic E-state index is 0.750. The maximum atomic E-state index is 5.02. The molecule has 0 aromatic carbocycles. The highest BCUT2D eigenvalue weighted by Gasteiger charge is 2.31. The maximum absolute atomic E-state index is 5.02. The molecule has 2 fully saturated rings. The molecule has 1 aliphatic carbocycles. The quantitative estimate of drug-likeness (QED) is 0.765. The summed E-state index contributed by atoms with van der Waals surface area (Å²) in [7, 11) is 1.73. The molecule has 112 valence electrons. The van der Waals surface area contributed by atoms with Gasteiger partial charge in [0.25, 0.3) is 0 Å². The van der Waals surface area contributed by atoms with E-state index in [1.54, 1.807) is 18.4 Å². The lowest BCUT2D eigenvalue weighted by atomic mass is 10.3. The fourth-order valence-electron chi connectivity index (χ4n) is 2.63. The van der Waals surface area contributed by atoms with Crippen LogP contribution in [0.5, 0.6) is 0 Å². The Morgan fingerprint density at radius 1 is 1.35 bits per heavy atom. The van der Waals surface area contributed by atoms with E-state index in [4.69, 9.17) is 9.72 Å². The van der Waals surface area contributed by atoms with Crippen molar-refractivity contribution < 1.29 is 4.74 Å². The van der Waals surface area contributed by atoms with E-state index in [1.807, 2.05) is 0 Å². The molecule has 0 amide bonds. The van der Waals surface area contributed by atoms with Crippen LogP contribution >= 0.6 is 11.3 Å². The summed E-state index contributed by atoms with van der Waals surface area (Å²) in [6.07, 6.45) is 2.82. The van der Waals surface area contributed by atoms with Gasteiger partial charge in [-0.05, 0) is 12.8 Å². The zero-order chi connectivity index (χ0) is 13.8. The monoisotopic (exact) mass is 296 g/mol. The first-order chi connectivity index (χ1) is 9.86. The number of piperazine rings is 1. The van der Waals surface area contributed by atoms with Gasteiger partial charge in [-0.1, -0.05) is 0 Å². The van der Waals surface area contributed by atoms with Crippen molar-refractivity contribution in [3.8, 4) is 0 Å². The number of ether oxygens (including phenoxy) is 1. The van der Waals surface area contributed by atoms with Gasteiger partial charge in [0.15, 0.2) is 5.13 Å². The van der Waals surface area contributed by atoms with Crippen LogP contribution in [0, 0.1) is 0 Å². The molecule has 3 rings (SSSR count). The van der Waals surface area contributed by atoms with Crippen molar-refractivity contribution in [2.45, 2.75) is 25.4 Å². The summed E-state index contributed by atoms with van der Waals surface area (Å²) in [5.41, 5.74) is 1.14. The normalized spacial score (nSPS) is 20.6. The summed E-state index contributed by atoms with van der Waals surface area (Å²) >= 11 is 1.77. The van der Waals surface area contributed by atoms with E-state index in [1.165, 1.54) is 31.1 Å². The van der Waals surface area contributed by atoms with E-state index < -0.39 is 0 Å². The van der Waals surface area contributed by atoms with Crippen molar-refractivity contribution in [2.75, 3.05) is 51.3 Å². The molecular weight excluding hydrogens is 272 g/mol. The van der Waals surface area contributed by atoms with E-state index in [0.717, 1.165) is 44.5 Å². The van der Waals surface area contributed by atoms with Gasteiger partial charge >= 0.3 is 0 Å². The van der Waals surface area contributed by atoms with Crippen LogP contribution in [0.4, 0.5) is 5.13 Å².